The fraction of sp³-hybridized carbons (Fsp3) is 0.333. The number of piperidine rings is 1. The van der Waals surface area contributed by atoms with Crippen LogP contribution < -0.4 is 10.1 Å². The number of para-hydroxylation sites is 1. The van der Waals surface area contributed by atoms with E-state index < -0.39 is 11.8 Å². The van der Waals surface area contributed by atoms with Crippen LogP contribution in [-0.4, -0.2) is 28.8 Å². The van der Waals surface area contributed by atoms with Gasteiger partial charge in [-0.25, -0.2) is 0 Å². The monoisotopic (exact) mass is 352 g/mol. The minimum absolute atomic E-state index is 0.0960. The van der Waals surface area contributed by atoms with Gasteiger partial charge in [-0.15, -0.1) is 0 Å². The summed E-state index contributed by atoms with van der Waals surface area (Å²) in [6.07, 6.45) is 2.97. The van der Waals surface area contributed by atoms with Gasteiger partial charge >= 0.3 is 11.8 Å². The van der Waals surface area contributed by atoms with E-state index >= 15 is 0 Å². The van der Waals surface area contributed by atoms with Crippen LogP contribution in [0.4, 0.5) is 5.69 Å². The molecule has 0 aromatic heterocycles. The first-order valence-electron chi connectivity index (χ1n) is 9.01. The molecule has 1 aliphatic rings. The maximum atomic E-state index is 12.5. The van der Waals surface area contributed by atoms with Gasteiger partial charge in [0.2, 0.25) is 0 Å². The van der Waals surface area contributed by atoms with Crippen molar-refractivity contribution in [1.82, 2.24) is 4.90 Å². The predicted molar refractivity (Wildman–Crippen MR) is 101 cm³/mol. The number of hydrogen-bond acceptors (Lipinski definition) is 3. The van der Waals surface area contributed by atoms with Crippen LogP contribution in [0.5, 0.6) is 11.5 Å². The van der Waals surface area contributed by atoms with Gasteiger partial charge in [0.25, 0.3) is 0 Å². The van der Waals surface area contributed by atoms with Crippen molar-refractivity contribution in [2.75, 3.05) is 5.32 Å². The summed E-state index contributed by atoms with van der Waals surface area (Å²) in [6.45, 7) is 3.99. The highest BCUT2D eigenvalue weighted by Gasteiger charge is 2.32. The SMILES string of the molecule is CC1CCCC(C)N1C(=O)C(=O)Nc1ccc(Oc2ccccc2)cc1. The first kappa shape index (κ1) is 18.0. The molecule has 1 saturated heterocycles. The highest BCUT2D eigenvalue weighted by Crippen LogP contribution is 2.24. The van der Waals surface area contributed by atoms with Gasteiger partial charge in [0.05, 0.1) is 0 Å². The van der Waals surface area contributed by atoms with Crippen LogP contribution in [0, 0.1) is 0 Å². The zero-order chi connectivity index (χ0) is 18.5. The van der Waals surface area contributed by atoms with E-state index in [2.05, 4.69) is 5.32 Å². The van der Waals surface area contributed by atoms with Crippen LogP contribution in [0.3, 0.4) is 0 Å². The van der Waals surface area contributed by atoms with Gasteiger partial charge in [-0.1, -0.05) is 18.2 Å². The van der Waals surface area contributed by atoms with Gasteiger partial charge in [-0.3, -0.25) is 9.59 Å². The molecule has 136 valence electrons. The third-order valence-electron chi connectivity index (χ3n) is 4.71. The lowest BCUT2D eigenvalue weighted by Crippen LogP contribution is -2.51. The van der Waals surface area contributed by atoms with Gasteiger partial charge in [-0.05, 0) is 69.5 Å². The van der Waals surface area contributed by atoms with E-state index in [0.717, 1.165) is 25.0 Å². The molecule has 2 atom stereocenters. The molecule has 2 amide bonds. The van der Waals surface area contributed by atoms with Crippen LogP contribution in [-0.2, 0) is 9.59 Å². The first-order chi connectivity index (χ1) is 12.5. The average Bonchev–Trinajstić information content (AvgIpc) is 2.64. The van der Waals surface area contributed by atoms with Crippen molar-refractivity contribution in [3.63, 3.8) is 0 Å². The van der Waals surface area contributed by atoms with Crippen LogP contribution in [0.1, 0.15) is 33.1 Å². The largest absolute Gasteiger partial charge is 0.457 e. The molecule has 5 nitrogen and oxygen atoms in total. The molecule has 2 aromatic rings. The van der Waals surface area contributed by atoms with Gasteiger partial charge < -0.3 is 15.0 Å². The highest BCUT2D eigenvalue weighted by molar-refractivity contribution is 6.39. The molecule has 3 rings (SSSR count). The minimum atomic E-state index is -0.595. The van der Waals surface area contributed by atoms with Crippen LogP contribution in [0.2, 0.25) is 0 Å². The second-order valence-corrected chi connectivity index (χ2v) is 6.73. The number of rotatable bonds is 3. The van der Waals surface area contributed by atoms with E-state index in [0.29, 0.717) is 11.4 Å². The maximum absolute atomic E-state index is 12.5. The number of nitrogens with zero attached hydrogens (tertiary/aromatic N) is 1. The fourth-order valence-electron chi connectivity index (χ4n) is 3.35. The van der Waals surface area contributed by atoms with Crippen LogP contribution in [0.15, 0.2) is 54.6 Å². The van der Waals surface area contributed by atoms with E-state index in [-0.39, 0.29) is 12.1 Å². The highest BCUT2D eigenvalue weighted by atomic mass is 16.5. The van der Waals surface area contributed by atoms with Crippen molar-refractivity contribution < 1.29 is 14.3 Å². The Morgan fingerprint density at radius 1 is 0.923 bits per heavy atom. The topological polar surface area (TPSA) is 58.6 Å². The molecular formula is C21H24N2O3. The number of hydrogen-bond donors (Lipinski definition) is 1. The zero-order valence-electron chi connectivity index (χ0n) is 15.1. The van der Waals surface area contributed by atoms with E-state index in [1.54, 1.807) is 29.2 Å². The third kappa shape index (κ3) is 4.23. The van der Waals surface area contributed by atoms with E-state index in [1.807, 2.05) is 44.2 Å². The Hall–Kier alpha value is -2.82. The molecule has 0 spiro atoms. The molecule has 0 bridgehead atoms. The summed E-state index contributed by atoms with van der Waals surface area (Å²) in [5.41, 5.74) is 0.570. The Morgan fingerprint density at radius 3 is 2.12 bits per heavy atom. The van der Waals surface area contributed by atoms with Crippen molar-refractivity contribution in [3.05, 3.63) is 54.6 Å². The van der Waals surface area contributed by atoms with Crippen molar-refractivity contribution in [1.29, 1.82) is 0 Å². The zero-order valence-corrected chi connectivity index (χ0v) is 15.1. The third-order valence-corrected chi connectivity index (χ3v) is 4.71. The predicted octanol–water partition coefficient (Wildman–Crippen LogP) is 4.21. The molecule has 26 heavy (non-hydrogen) atoms. The Labute approximate surface area is 154 Å². The molecule has 0 radical (unpaired) electrons. The number of nitrogens with one attached hydrogen (secondary N) is 1. The number of benzene rings is 2. The van der Waals surface area contributed by atoms with Gasteiger partial charge in [0, 0.05) is 17.8 Å². The molecule has 1 aliphatic heterocycles. The van der Waals surface area contributed by atoms with Crippen LogP contribution in [0.25, 0.3) is 0 Å². The number of anilines is 1. The number of carbonyl (C=O) groups is 2. The molecule has 1 heterocycles. The lowest BCUT2D eigenvalue weighted by Gasteiger charge is -2.38. The van der Waals surface area contributed by atoms with Crippen LogP contribution >= 0.6 is 0 Å². The number of carbonyl (C=O) groups excluding carboxylic acids is 2. The molecule has 0 saturated carbocycles. The van der Waals surface area contributed by atoms with E-state index in [1.165, 1.54) is 0 Å². The summed E-state index contributed by atoms with van der Waals surface area (Å²) < 4.78 is 5.72. The Balaban J connectivity index is 1.61. The summed E-state index contributed by atoms with van der Waals surface area (Å²) in [6, 6.07) is 16.6. The van der Waals surface area contributed by atoms with Crippen molar-refractivity contribution in [2.24, 2.45) is 0 Å². The summed E-state index contributed by atoms with van der Waals surface area (Å²) in [5.74, 6) is 0.350. The summed E-state index contributed by atoms with van der Waals surface area (Å²) in [4.78, 5) is 26.6. The Kier molecular flexibility index (Phi) is 5.56. The fourth-order valence-corrected chi connectivity index (χ4v) is 3.35. The summed E-state index contributed by atoms with van der Waals surface area (Å²) >= 11 is 0. The molecule has 2 unspecified atom stereocenters. The Bertz CT molecular complexity index is 749. The lowest BCUT2D eigenvalue weighted by molar-refractivity contribution is -0.147. The quantitative estimate of drug-likeness (QED) is 0.842. The first-order valence-corrected chi connectivity index (χ1v) is 9.01. The molecule has 1 N–H and O–H groups in total. The lowest BCUT2D eigenvalue weighted by atomic mass is 9.97. The van der Waals surface area contributed by atoms with Crippen molar-refractivity contribution in [2.45, 2.75) is 45.2 Å². The second-order valence-electron chi connectivity index (χ2n) is 6.73. The maximum Gasteiger partial charge on any atom is 0.313 e. The number of amides is 2. The molecule has 2 aromatic carbocycles. The summed E-state index contributed by atoms with van der Waals surface area (Å²) in [7, 11) is 0. The standard InChI is InChI=1S/C21H24N2O3/c1-15-7-6-8-16(2)23(15)21(25)20(24)22-17-11-13-19(14-12-17)26-18-9-4-3-5-10-18/h3-5,9-16H,6-8H2,1-2H3,(H,22,24). The van der Waals surface area contributed by atoms with Crippen molar-refractivity contribution >= 4 is 17.5 Å². The minimum Gasteiger partial charge on any atom is -0.457 e. The average molecular weight is 352 g/mol. The van der Waals surface area contributed by atoms with Gasteiger partial charge in [0.15, 0.2) is 0 Å². The molecule has 0 aliphatic carbocycles. The molecule has 1 fully saturated rings. The molecular weight excluding hydrogens is 328 g/mol. The van der Waals surface area contributed by atoms with Gasteiger partial charge in [0.1, 0.15) is 11.5 Å². The van der Waals surface area contributed by atoms with Crippen molar-refractivity contribution in [3.8, 4) is 11.5 Å². The van der Waals surface area contributed by atoms with E-state index in [4.69, 9.17) is 4.74 Å². The number of likely N-dealkylation sites (tertiary alicyclic amines) is 1. The number of ether oxygens (including phenoxy) is 1. The van der Waals surface area contributed by atoms with E-state index in [9.17, 15) is 9.59 Å². The normalized spacial score (nSPS) is 19.7. The summed E-state index contributed by atoms with van der Waals surface area (Å²) in [5, 5.41) is 2.69. The Morgan fingerprint density at radius 2 is 1.50 bits per heavy atom. The molecule has 5 heteroatoms. The van der Waals surface area contributed by atoms with Gasteiger partial charge in [-0.2, -0.15) is 0 Å². The second kappa shape index (κ2) is 8.04. The smallest absolute Gasteiger partial charge is 0.313 e.